The van der Waals surface area contributed by atoms with Crippen LogP contribution in [0.5, 0.6) is 0 Å². The average Bonchev–Trinajstić information content (AvgIpc) is 2.75. The van der Waals surface area contributed by atoms with Crippen molar-refractivity contribution < 1.29 is 0 Å². The molecule has 104 valence electrons. The molecule has 4 heteroatoms. The summed E-state index contributed by atoms with van der Waals surface area (Å²) in [6.07, 6.45) is 5.93. The summed E-state index contributed by atoms with van der Waals surface area (Å²) >= 11 is 7.94. The summed E-state index contributed by atoms with van der Waals surface area (Å²) in [7, 11) is 0. The van der Waals surface area contributed by atoms with E-state index in [-0.39, 0.29) is 0 Å². The summed E-state index contributed by atoms with van der Waals surface area (Å²) in [5, 5.41) is 0. The maximum Gasteiger partial charge on any atom is 0.124 e. The van der Waals surface area contributed by atoms with Crippen molar-refractivity contribution in [1.82, 2.24) is 9.55 Å². The molecule has 0 bridgehead atoms. The molecule has 0 unspecified atom stereocenters. The number of aryl methyl sites for hydroxylation is 2. The summed E-state index contributed by atoms with van der Waals surface area (Å²) in [6, 6.07) is 6.44. The summed E-state index contributed by atoms with van der Waals surface area (Å²) in [5.41, 5.74) is 3.53. The Morgan fingerprint density at radius 1 is 1.26 bits per heavy atom. The Morgan fingerprint density at radius 3 is 2.84 bits per heavy atom. The van der Waals surface area contributed by atoms with Gasteiger partial charge in [-0.05, 0) is 49.5 Å². The minimum Gasteiger partial charge on any atom is -0.327 e. The van der Waals surface area contributed by atoms with Gasteiger partial charge in [0.2, 0.25) is 0 Å². The monoisotopic (exact) mass is 296 g/mol. The van der Waals surface area contributed by atoms with Crippen molar-refractivity contribution in [3.8, 4) is 0 Å². The van der Waals surface area contributed by atoms with Crippen LogP contribution in [0.4, 0.5) is 0 Å². The molecule has 2 aromatic rings. The average molecular weight is 297 g/mol. The number of alkyl halides is 1. The van der Waals surface area contributed by atoms with E-state index in [9.17, 15) is 0 Å². The van der Waals surface area contributed by atoms with E-state index >= 15 is 0 Å². The molecule has 1 aromatic carbocycles. The normalized spacial score (nSPS) is 11.3. The van der Waals surface area contributed by atoms with E-state index < -0.39 is 0 Å². The second kappa shape index (κ2) is 7.20. The highest BCUT2D eigenvalue weighted by molar-refractivity contribution is 7.98. The zero-order chi connectivity index (χ0) is 13.7. The van der Waals surface area contributed by atoms with Gasteiger partial charge in [0, 0.05) is 6.54 Å². The Balaban J connectivity index is 2.11. The van der Waals surface area contributed by atoms with E-state index in [0.717, 1.165) is 17.9 Å². The molecule has 0 spiro atoms. The van der Waals surface area contributed by atoms with E-state index in [2.05, 4.69) is 40.9 Å². The van der Waals surface area contributed by atoms with Gasteiger partial charge in [0.05, 0.1) is 16.9 Å². The quantitative estimate of drug-likeness (QED) is 0.548. The minimum absolute atomic E-state index is 0.485. The number of thioether (sulfide) groups is 1. The second-order valence-electron chi connectivity index (χ2n) is 4.86. The summed E-state index contributed by atoms with van der Waals surface area (Å²) < 4.78 is 2.28. The smallest absolute Gasteiger partial charge is 0.124 e. The Bertz CT molecular complexity index is 536. The van der Waals surface area contributed by atoms with E-state index in [1.165, 1.54) is 36.1 Å². The van der Waals surface area contributed by atoms with Gasteiger partial charge in [-0.3, -0.25) is 0 Å². The lowest BCUT2D eigenvalue weighted by Crippen LogP contribution is -2.02. The lowest BCUT2D eigenvalue weighted by Gasteiger charge is -2.07. The Kier molecular flexibility index (Phi) is 5.59. The minimum atomic E-state index is 0.485. The molecule has 0 fully saturated rings. The van der Waals surface area contributed by atoms with Crippen LogP contribution in [-0.4, -0.2) is 21.6 Å². The van der Waals surface area contributed by atoms with E-state index in [0.29, 0.717) is 5.88 Å². The maximum absolute atomic E-state index is 6.02. The molecule has 0 saturated heterocycles. The van der Waals surface area contributed by atoms with Gasteiger partial charge in [-0.1, -0.05) is 12.5 Å². The van der Waals surface area contributed by atoms with Crippen LogP contribution in [0.15, 0.2) is 18.2 Å². The van der Waals surface area contributed by atoms with Crippen LogP contribution in [0.2, 0.25) is 0 Å². The fourth-order valence-electron chi connectivity index (χ4n) is 2.33. The number of nitrogens with zero attached hydrogens (tertiary/aromatic N) is 2. The molecule has 0 aliphatic heterocycles. The Hall–Kier alpha value is -0.670. The molecule has 0 aliphatic carbocycles. The van der Waals surface area contributed by atoms with Crippen molar-refractivity contribution in [1.29, 1.82) is 0 Å². The van der Waals surface area contributed by atoms with Gasteiger partial charge in [-0.2, -0.15) is 11.8 Å². The molecule has 0 saturated carbocycles. The molecule has 0 radical (unpaired) electrons. The van der Waals surface area contributed by atoms with Crippen LogP contribution in [-0.2, 0) is 12.4 Å². The molecule has 1 aromatic heterocycles. The first-order valence-corrected chi connectivity index (χ1v) is 8.69. The third kappa shape index (κ3) is 3.67. The molecular weight excluding hydrogens is 276 g/mol. The van der Waals surface area contributed by atoms with Crippen LogP contribution in [0.25, 0.3) is 11.0 Å². The van der Waals surface area contributed by atoms with E-state index in [4.69, 9.17) is 11.6 Å². The zero-order valence-corrected chi connectivity index (χ0v) is 13.2. The van der Waals surface area contributed by atoms with Gasteiger partial charge < -0.3 is 4.57 Å². The number of benzene rings is 1. The lowest BCUT2D eigenvalue weighted by molar-refractivity contribution is 0.602. The fraction of sp³-hybridized carbons (Fsp3) is 0.533. The van der Waals surface area contributed by atoms with Gasteiger partial charge in [-0.25, -0.2) is 4.98 Å². The van der Waals surface area contributed by atoms with Gasteiger partial charge in [-0.15, -0.1) is 11.6 Å². The molecule has 0 aliphatic rings. The van der Waals surface area contributed by atoms with Gasteiger partial charge in [0.15, 0.2) is 0 Å². The number of imidazole rings is 1. The van der Waals surface area contributed by atoms with E-state index in [1.54, 1.807) is 0 Å². The first-order chi connectivity index (χ1) is 9.26. The molecule has 19 heavy (non-hydrogen) atoms. The van der Waals surface area contributed by atoms with Crippen molar-refractivity contribution in [3.63, 3.8) is 0 Å². The third-order valence-electron chi connectivity index (χ3n) is 3.33. The first-order valence-electron chi connectivity index (χ1n) is 6.77. The molecule has 0 atom stereocenters. The standard InChI is InChI=1S/C15H21ClN2S/c1-12-6-7-14-13(10-12)17-15(11-16)18(14)8-4-3-5-9-19-2/h6-7,10H,3-5,8-9,11H2,1-2H3. The summed E-state index contributed by atoms with van der Waals surface area (Å²) in [4.78, 5) is 4.63. The molecule has 0 N–H and O–H groups in total. The number of aromatic nitrogens is 2. The first kappa shape index (κ1) is 14.7. The predicted octanol–water partition coefficient (Wildman–Crippen LogP) is 4.62. The number of unbranched alkanes of at least 4 members (excludes halogenated alkanes) is 2. The van der Waals surface area contributed by atoms with Crippen molar-refractivity contribution in [2.75, 3.05) is 12.0 Å². The van der Waals surface area contributed by atoms with Crippen LogP contribution in [0, 0.1) is 6.92 Å². The number of hydrogen-bond acceptors (Lipinski definition) is 2. The Morgan fingerprint density at radius 2 is 2.11 bits per heavy atom. The topological polar surface area (TPSA) is 17.8 Å². The highest BCUT2D eigenvalue weighted by atomic mass is 35.5. The van der Waals surface area contributed by atoms with Crippen molar-refractivity contribution in [2.24, 2.45) is 0 Å². The molecule has 2 rings (SSSR count). The fourth-order valence-corrected chi connectivity index (χ4v) is 3.03. The molecule has 1 heterocycles. The lowest BCUT2D eigenvalue weighted by atomic mass is 10.2. The number of rotatable bonds is 7. The van der Waals surface area contributed by atoms with E-state index in [1.807, 2.05) is 11.8 Å². The summed E-state index contributed by atoms with van der Waals surface area (Å²) in [5.74, 6) is 2.73. The van der Waals surface area contributed by atoms with Crippen molar-refractivity contribution in [2.45, 2.75) is 38.6 Å². The molecule has 0 amide bonds. The number of fused-ring (bicyclic) bond motifs is 1. The van der Waals surface area contributed by atoms with Crippen molar-refractivity contribution in [3.05, 3.63) is 29.6 Å². The number of hydrogen-bond donors (Lipinski definition) is 0. The van der Waals surface area contributed by atoms with Gasteiger partial charge in [0.1, 0.15) is 5.82 Å². The SMILES string of the molecule is CSCCCCCn1c(CCl)nc2cc(C)ccc21. The van der Waals surface area contributed by atoms with Gasteiger partial charge >= 0.3 is 0 Å². The molecular formula is C15H21ClN2S. The summed E-state index contributed by atoms with van der Waals surface area (Å²) in [6.45, 7) is 3.12. The van der Waals surface area contributed by atoms with Crippen LogP contribution < -0.4 is 0 Å². The second-order valence-corrected chi connectivity index (χ2v) is 6.11. The largest absolute Gasteiger partial charge is 0.327 e. The van der Waals surface area contributed by atoms with Crippen molar-refractivity contribution >= 4 is 34.4 Å². The number of halogens is 1. The molecule has 2 nitrogen and oxygen atoms in total. The van der Waals surface area contributed by atoms with Crippen LogP contribution in [0.1, 0.15) is 30.7 Å². The van der Waals surface area contributed by atoms with Crippen LogP contribution >= 0.6 is 23.4 Å². The predicted molar refractivity (Wildman–Crippen MR) is 86.3 cm³/mol. The maximum atomic E-state index is 6.02. The Labute approximate surface area is 124 Å². The highest BCUT2D eigenvalue weighted by Crippen LogP contribution is 2.20. The van der Waals surface area contributed by atoms with Crippen LogP contribution in [0.3, 0.4) is 0 Å². The zero-order valence-electron chi connectivity index (χ0n) is 11.7. The van der Waals surface area contributed by atoms with Gasteiger partial charge in [0.25, 0.3) is 0 Å². The third-order valence-corrected chi connectivity index (χ3v) is 4.27. The highest BCUT2D eigenvalue weighted by Gasteiger charge is 2.09.